The highest BCUT2D eigenvalue weighted by molar-refractivity contribution is 8.06. The van der Waals surface area contributed by atoms with Gasteiger partial charge in [0.2, 0.25) is 0 Å². The van der Waals surface area contributed by atoms with E-state index in [1.807, 2.05) is 6.07 Å². The average Bonchev–Trinajstić information content (AvgIpc) is 2.24. The van der Waals surface area contributed by atoms with Gasteiger partial charge in [-0.3, -0.25) is 0 Å². The Morgan fingerprint density at radius 2 is 1.88 bits per heavy atom. The Bertz CT molecular complexity index is 344. The fourth-order valence-electron chi connectivity index (χ4n) is 0.959. The Kier molecular flexibility index (Phi) is 5.28. The van der Waals surface area contributed by atoms with Crippen LogP contribution in [0.15, 0.2) is 45.5 Å². The summed E-state index contributed by atoms with van der Waals surface area (Å²) in [6.45, 7) is 1.71. The minimum absolute atomic E-state index is 0.417. The van der Waals surface area contributed by atoms with Crippen LogP contribution in [-0.4, -0.2) is 11.9 Å². The quantitative estimate of drug-likeness (QED) is 0.707. The first-order valence-corrected chi connectivity index (χ1v) is 6.52. The SMILES string of the molecule is CCS/C(=C/Sc1ccccc1)C(F)(F)F. The molecule has 16 heavy (non-hydrogen) atoms. The van der Waals surface area contributed by atoms with Crippen LogP contribution in [0.4, 0.5) is 13.2 Å². The predicted molar refractivity (Wildman–Crippen MR) is 64.6 cm³/mol. The number of thioether (sulfide) groups is 2. The van der Waals surface area contributed by atoms with E-state index in [2.05, 4.69) is 0 Å². The molecule has 0 atom stereocenters. The largest absolute Gasteiger partial charge is 0.422 e. The molecule has 88 valence electrons. The highest BCUT2D eigenvalue weighted by Crippen LogP contribution is 2.37. The van der Waals surface area contributed by atoms with Crippen molar-refractivity contribution in [2.75, 3.05) is 5.75 Å². The Hall–Kier alpha value is -0.550. The maximum atomic E-state index is 12.5. The first-order valence-electron chi connectivity index (χ1n) is 4.66. The van der Waals surface area contributed by atoms with E-state index in [4.69, 9.17) is 0 Å². The van der Waals surface area contributed by atoms with E-state index >= 15 is 0 Å². The maximum Gasteiger partial charge on any atom is 0.422 e. The summed E-state index contributed by atoms with van der Waals surface area (Å²) in [6, 6.07) is 9.00. The molecule has 0 radical (unpaired) electrons. The van der Waals surface area contributed by atoms with Crippen LogP contribution in [0.1, 0.15) is 6.92 Å². The summed E-state index contributed by atoms with van der Waals surface area (Å²) < 4.78 is 37.5. The number of rotatable bonds is 4. The number of allylic oxidation sites excluding steroid dienone is 1. The van der Waals surface area contributed by atoms with E-state index in [0.717, 1.165) is 28.4 Å². The molecule has 0 aliphatic heterocycles. The van der Waals surface area contributed by atoms with E-state index in [-0.39, 0.29) is 0 Å². The summed E-state index contributed by atoms with van der Waals surface area (Å²) >= 11 is 1.91. The van der Waals surface area contributed by atoms with Gasteiger partial charge in [-0.2, -0.15) is 13.2 Å². The second kappa shape index (κ2) is 6.25. The fraction of sp³-hybridized carbons (Fsp3) is 0.273. The highest BCUT2D eigenvalue weighted by Gasteiger charge is 2.33. The minimum Gasteiger partial charge on any atom is -0.166 e. The van der Waals surface area contributed by atoms with E-state index < -0.39 is 11.1 Å². The van der Waals surface area contributed by atoms with Crippen LogP contribution in [0.25, 0.3) is 0 Å². The third-order valence-electron chi connectivity index (χ3n) is 1.62. The van der Waals surface area contributed by atoms with Crippen molar-refractivity contribution in [2.24, 2.45) is 0 Å². The van der Waals surface area contributed by atoms with Crippen molar-refractivity contribution < 1.29 is 13.2 Å². The van der Waals surface area contributed by atoms with Crippen molar-refractivity contribution in [3.8, 4) is 0 Å². The van der Waals surface area contributed by atoms with E-state index in [1.165, 1.54) is 5.41 Å². The molecule has 0 nitrogen and oxygen atoms in total. The number of alkyl halides is 3. The molecule has 5 heteroatoms. The molecule has 0 heterocycles. The Balaban J connectivity index is 2.73. The normalized spacial score (nSPS) is 12.9. The number of benzene rings is 1. The Labute approximate surface area is 101 Å². The van der Waals surface area contributed by atoms with Gasteiger partial charge in [0, 0.05) is 4.90 Å². The van der Waals surface area contributed by atoms with Gasteiger partial charge in [0.25, 0.3) is 0 Å². The van der Waals surface area contributed by atoms with Crippen molar-refractivity contribution in [2.45, 2.75) is 18.0 Å². The molecule has 0 saturated carbocycles. The van der Waals surface area contributed by atoms with Crippen molar-refractivity contribution in [1.29, 1.82) is 0 Å². The summed E-state index contributed by atoms with van der Waals surface area (Å²) in [6.07, 6.45) is -4.25. The first-order chi connectivity index (χ1) is 7.54. The van der Waals surface area contributed by atoms with Gasteiger partial charge < -0.3 is 0 Å². The number of hydrogen-bond donors (Lipinski definition) is 0. The zero-order valence-corrected chi connectivity index (χ0v) is 10.3. The molecule has 0 N–H and O–H groups in total. The standard InChI is InChI=1S/C11H11F3S2/c1-2-15-10(11(12,13)14)8-16-9-6-4-3-5-7-9/h3-8H,2H2,1H3/b10-8+. The molecule has 0 spiro atoms. The molecule has 0 unspecified atom stereocenters. The lowest BCUT2D eigenvalue weighted by atomic mass is 10.4. The molecule has 1 aromatic rings. The smallest absolute Gasteiger partial charge is 0.166 e. The van der Waals surface area contributed by atoms with Crippen LogP contribution >= 0.6 is 23.5 Å². The molecule has 0 bridgehead atoms. The van der Waals surface area contributed by atoms with Crippen molar-refractivity contribution in [1.82, 2.24) is 0 Å². The maximum absolute atomic E-state index is 12.5. The van der Waals surface area contributed by atoms with Gasteiger partial charge in [0.05, 0.1) is 4.91 Å². The van der Waals surface area contributed by atoms with E-state index in [0.29, 0.717) is 5.75 Å². The molecule has 0 saturated heterocycles. The lowest BCUT2D eigenvalue weighted by molar-refractivity contribution is -0.0834. The minimum atomic E-state index is -4.25. The van der Waals surface area contributed by atoms with E-state index in [1.54, 1.807) is 31.2 Å². The van der Waals surface area contributed by atoms with Gasteiger partial charge in [0.1, 0.15) is 0 Å². The van der Waals surface area contributed by atoms with Gasteiger partial charge in [-0.15, -0.1) is 11.8 Å². The third kappa shape index (κ3) is 4.53. The van der Waals surface area contributed by atoms with Crippen LogP contribution in [0.3, 0.4) is 0 Å². The van der Waals surface area contributed by atoms with Gasteiger partial charge in [0.15, 0.2) is 0 Å². The molecular formula is C11H11F3S2. The average molecular weight is 264 g/mol. The monoisotopic (exact) mass is 264 g/mol. The summed E-state index contributed by atoms with van der Waals surface area (Å²) in [5.41, 5.74) is 0. The Morgan fingerprint density at radius 3 is 2.38 bits per heavy atom. The second-order valence-corrected chi connectivity index (χ2v) is 5.09. The number of halogens is 3. The van der Waals surface area contributed by atoms with Crippen LogP contribution in [0.5, 0.6) is 0 Å². The zero-order chi connectivity index (χ0) is 12.0. The lowest BCUT2D eigenvalue weighted by Gasteiger charge is -2.09. The third-order valence-corrected chi connectivity index (χ3v) is 3.62. The molecule has 0 amide bonds. The van der Waals surface area contributed by atoms with Crippen molar-refractivity contribution >= 4 is 23.5 Å². The highest BCUT2D eigenvalue weighted by atomic mass is 32.2. The summed E-state index contributed by atoms with van der Waals surface area (Å²) in [4.78, 5) is 0.268. The summed E-state index contributed by atoms with van der Waals surface area (Å²) in [7, 11) is 0. The van der Waals surface area contributed by atoms with E-state index in [9.17, 15) is 13.2 Å². The van der Waals surface area contributed by atoms with Gasteiger partial charge >= 0.3 is 6.18 Å². The van der Waals surface area contributed by atoms with Crippen LogP contribution in [0, 0.1) is 0 Å². The van der Waals surface area contributed by atoms with Crippen LogP contribution < -0.4 is 0 Å². The molecule has 0 aliphatic carbocycles. The van der Waals surface area contributed by atoms with Gasteiger partial charge in [-0.25, -0.2) is 0 Å². The zero-order valence-electron chi connectivity index (χ0n) is 8.62. The fourth-order valence-corrected chi connectivity index (χ4v) is 2.54. The van der Waals surface area contributed by atoms with Crippen molar-refractivity contribution in [3.63, 3.8) is 0 Å². The van der Waals surface area contributed by atoms with Crippen molar-refractivity contribution in [3.05, 3.63) is 40.6 Å². The van der Waals surface area contributed by atoms with Crippen LogP contribution in [0.2, 0.25) is 0 Å². The molecule has 0 fully saturated rings. The number of hydrogen-bond acceptors (Lipinski definition) is 2. The Morgan fingerprint density at radius 1 is 1.25 bits per heavy atom. The molecule has 0 aliphatic rings. The molecule has 0 aromatic heterocycles. The molecule has 1 rings (SSSR count). The second-order valence-electron chi connectivity index (χ2n) is 2.84. The topological polar surface area (TPSA) is 0 Å². The van der Waals surface area contributed by atoms with Gasteiger partial charge in [-0.05, 0) is 23.3 Å². The molecule has 1 aromatic carbocycles. The lowest BCUT2D eigenvalue weighted by Crippen LogP contribution is -2.08. The molecular weight excluding hydrogens is 253 g/mol. The van der Waals surface area contributed by atoms with Gasteiger partial charge in [-0.1, -0.05) is 36.9 Å². The summed E-state index contributed by atoms with van der Waals surface area (Å²) in [5.74, 6) is 0.417. The van der Waals surface area contributed by atoms with Crippen LogP contribution in [-0.2, 0) is 0 Å². The predicted octanol–water partition coefficient (Wildman–Crippen LogP) is 4.94. The first kappa shape index (κ1) is 13.5. The summed E-state index contributed by atoms with van der Waals surface area (Å²) in [5, 5.41) is 1.17.